The van der Waals surface area contributed by atoms with Crippen LogP contribution in [-0.4, -0.2) is 56.3 Å². The largest absolute Gasteiger partial charge is 0.478 e. The number of ether oxygens (including phenoxy) is 1. The first-order chi connectivity index (χ1) is 13.1. The lowest BCUT2D eigenvalue weighted by Crippen LogP contribution is -2.53. The molecular formula is C20H28N4O4. The van der Waals surface area contributed by atoms with E-state index in [1.807, 2.05) is 20.8 Å². The van der Waals surface area contributed by atoms with Gasteiger partial charge in [-0.1, -0.05) is 0 Å². The molecule has 0 unspecified atom stereocenters. The molecule has 0 saturated carbocycles. The SMILES string of the molecule is CC1(NCc2c[nH]c3nccc(C(=O)O)c23)CCN(C(=O)OC(C)(C)C)CC1. The molecule has 2 aromatic heterocycles. The zero-order valence-corrected chi connectivity index (χ0v) is 16.8. The van der Waals surface area contributed by atoms with Crippen molar-refractivity contribution in [2.24, 2.45) is 0 Å². The van der Waals surface area contributed by atoms with Gasteiger partial charge in [-0.05, 0) is 52.2 Å². The van der Waals surface area contributed by atoms with Gasteiger partial charge >= 0.3 is 12.1 Å². The van der Waals surface area contributed by atoms with Crippen LogP contribution >= 0.6 is 0 Å². The smallest absolute Gasteiger partial charge is 0.410 e. The number of amides is 1. The minimum Gasteiger partial charge on any atom is -0.478 e. The van der Waals surface area contributed by atoms with Crippen molar-refractivity contribution in [3.63, 3.8) is 0 Å². The lowest BCUT2D eigenvalue weighted by atomic mass is 9.89. The number of aromatic carboxylic acids is 1. The van der Waals surface area contributed by atoms with Crippen molar-refractivity contribution in [1.29, 1.82) is 0 Å². The van der Waals surface area contributed by atoms with Crippen LogP contribution in [0.4, 0.5) is 4.79 Å². The Kier molecular flexibility index (Phi) is 5.34. The number of hydrogen-bond donors (Lipinski definition) is 3. The minimum absolute atomic E-state index is 0.145. The number of nitrogens with zero attached hydrogens (tertiary/aromatic N) is 2. The molecule has 8 heteroatoms. The van der Waals surface area contributed by atoms with Gasteiger partial charge in [0.25, 0.3) is 0 Å². The number of aromatic nitrogens is 2. The van der Waals surface area contributed by atoms with Gasteiger partial charge in [0.15, 0.2) is 0 Å². The van der Waals surface area contributed by atoms with Gasteiger partial charge < -0.3 is 25.0 Å². The maximum atomic E-state index is 12.2. The Bertz CT molecular complexity index is 876. The summed E-state index contributed by atoms with van der Waals surface area (Å²) in [6, 6.07) is 1.52. The molecule has 28 heavy (non-hydrogen) atoms. The van der Waals surface area contributed by atoms with E-state index in [9.17, 15) is 14.7 Å². The molecule has 1 aliphatic rings. The average molecular weight is 388 g/mol. The summed E-state index contributed by atoms with van der Waals surface area (Å²) in [4.78, 5) is 32.8. The van der Waals surface area contributed by atoms with E-state index >= 15 is 0 Å². The van der Waals surface area contributed by atoms with Crippen LogP contribution in [0.5, 0.6) is 0 Å². The van der Waals surface area contributed by atoms with Gasteiger partial charge in [-0.3, -0.25) is 0 Å². The molecule has 0 spiro atoms. The van der Waals surface area contributed by atoms with E-state index in [2.05, 4.69) is 22.2 Å². The first-order valence-electron chi connectivity index (χ1n) is 9.49. The number of carbonyl (C=O) groups is 2. The number of aromatic amines is 1. The molecule has 1 fully saturated rings. The number of carboxylic acid groups (broad SMARTS) is 1. The molecule has 152 valence electrons. The predicted octanol–water partition coefficient (Wildman–Crippen LogP) is 3.14. The second-order valence-electron chi connectivity index (χ2n) is 8.58. The van der Waals surface area contributed by atoms with Crippen LogP contribution in [0.1, 0.15) is 56.5 Å². The van der Waals surface area contributed by atoms with E-state index < -0.39 is 11.6 Å². The van der Waals surface area contributed by atoms with E-state index in [0.29, 0.717) is 30.7 Å². The quantitative estimate of drug-likeness (QED) is 0.743. The molecule has 0 radical (unpaired) electrons. The van der Waals surface area contributed by atoms with E-state index in [-0.39, 0.29) is 17.2 Å². The molecule has 8 nitrogen and oxygen atoms in total. The van der Waals surface area contributed by atoms with Crippen molar-refractivity contribution >= 4 is 23.1 Å². The minimum atomic E-state index is -0.967. The summed E-state index contributed by atoms with van der Waals surface area (Å²) in [6.45, 7) is 9.48. The van der Waals surface area contributed by atoms with E-state index in [1.165, 1.54) is 12.3 Å². The fourth-order valence-electron chi connectivity index (χ4n) is 3.44. The number of rotatable bonds is 4. The Morgan fingerprint density at radius 2 is 2.04 bits per heavy atom. The second-order valence-corrected chi connectivity index (χ2v) is 8.58. The third-order valence-corrected chi connectivity index (χ3v) is 5.11. The van der Waals surface area contributed by atoms with E-state index in [1.54, 1.807) is 11.1 Å². The van der Waals surface area contributed by atoms with E-state index in [4.69, 9.17) is 4.74 Å². The fourth-order valence-corrected chi connectivity index (χ4v) is 3.44. The van der Waals surface area contributed by atoms with E-state index in [0.717, 1.165) is 18.4 Å². The van der Waals surface area contributed by atoms with Crippen molar-refractivity contribution in [1.82, 2.24) is 20.2 Å². The van der Waals surface area contributed by atoms with Gasteiger partial charge in [-0.15, -0.1) is 0 Å². The normalized spacial score (nSPS) is 16.9. The lowest BCUT2D eigenvalue weighted by molar-refractivity contribution is 0.0156. The summed E-state index contributed by atoms with van der Waals surface area (Å²) in [5.74, 6) is -0.967. The molecule has 0 aromatic carbocycles. The van der Waals surface area contributed by atoms with Gasteiger partial charge in [0, 0.05) is 43.0 Å². The number of likely N-dealkylation sites (tertiary alicyclic amines) is 1. The molecule has 3 N–H and O–H groups in total. The highest BCUT2D eigenvalue weighted by molar-refractivity contribution is 6.03. The van der Waals surface area contributed by atoms with Crippen LogP contribution < -0.4 is 5.32 Å². The summed E-state index contributed by atoms with van der Waals surface area (Å²) in [5.41, 5.74) is 1.04. The van der Waals surface area contributed by atoms with Crippen LogP contribution in [0.3, 0.4) is 0 Å². The summed E-state index contributed by atoms with van der Waals surface area (Å²) >= 11 is 0. The first-order valence-corrected chi connectivity index (χ1v) is 9.49. The van der Waals surface area contributed by atoms with Gasteiger partial charge in [-0.25, -0.2) is 14.6 Å². The highest BCUT2D eigenvalue weighted by Crippen LogP contribution is 2.26. The zero-order valence-electron chi connectivity index (χ0n) is 16.8. The number of H-pyrrole nitrogens is 1. The number of carbonyl (C=O) groups excluding carboxylic acids is 1. The van der Waals surface area contributed by atoms with Crippen LogP contribution in [-0.2, 0) is 11.3 Å². The van der Waals surface area contributed by atoms with Crippen molar-refractivity contribution < 1.29 is 19.4 Å². The fraction of sp³-hybridized carbons (Fsp3) is 0.550. The number of fused-ring (bicyclic) bond motifs is 1. The first kappa shape index (κ1) is 20.1. The highest BCUT2D eigenvalue weighted by atomic mass is 16.6. The highest BCUT2D eigenvalue weighted by Gasteiger charge is 2.33. The van der Waals surface area contributed by atoms with Crippen LogP contribution in [0.15, 0.2) is 18.5 Å². The molecule has 1 saturated heterocycles. The predicted molar refractivity (Wildman–Crippen MR) is 105 cm³/mol. The van der Waals surface area contributed by atoms with Gasteiger partial charge in [0.05, 0.1) is 5.56 Å². The number of pyridine rings is 1. The maximum Gasteiger partial charge on any atom is 0.410 e. The van der Waals surface area contributed by atoms with Crippen molar-refractivity contribution in [3.05, 3.63) is 29.6 Å². The summed E-state index contributed by atoms with van der Waals surface area (Å²) in [5, 5.41) is 13.6. The van der Waals surface area contributed by atoms with Crippen molar-refractivity contribution in [2.75, 3.05) is 13.1 Å². The molecule has 0 atom stereocenters. The Labute approximate surface area is 164 Å². The molecule has 3 heterocycles. The molecular weight excluding hydrogens is 360 g/mol. The van der Waals surface area contributed by atoms with Crippen LogP contribution in [0, 0.1) is 0 Å². The lowest BCUT2D eigenvalue weighted by Gasteiger charge is -2.40. The van der Waals surface area contributed by atoms with Crippen molar-refractivity contribution in [3.8, 4) is 0 Å². The van der Waals surface area contributed by atoms with Crippen molar-refractivity contribution in [2.45, 2.75) is 58.2 Å². The Hall–Kier alpha value is -2.61. The topological polar surface area (TPSA) is 108 Å². The van der Waals surface area contributed by atoms with Crippen LogP contribution in [0.25, 0.3) is 11.0 Å². The molecule has 3 rings (SSSR count). The van der Waals surface area contributed by atoms with Gasteiger partial charge in [-0.2, -0.15) is 0 Å². The molecule has 2 aromatic rings. The van der Waals surface area contributed by atoms with Crippen LogP contribution in [0.2, 0.25) is 0 Å². The number of hydrogen-bond acceptors (Lipinski definition) is 5. The molecule has 1 amide bonds. The monoisotopic (exact) mass is 388 g/mol. The summed E-state index contributed by atoms with van der Waals surface area (Å²) in [7, 11) is 0. The molecule has 0 aliphatic carbocycles. The third-order valence-electron chi connectivity index (χ3n) is 5.11. The average Bonchev–Trinajstić information content (AvgIpc) is 3.02. The number of nitrogens with one attached hydrogen (secondary N) is 2. The second kappa shape index (κ2) is 7.43. The standard InChI is InChI=1S/C20H28N4O4/c1-19(2,3)28-18(27)24-9-6-20(4,7-10-24)23-12-13-11-22-16-15(13)14(17(25)26)5-8-21-16/h5,8,11,23H,6-7,9-10,12H2,1-4H3,(H,21,22)(H,25,26). The van der Waals surface area contributed by atoms with Gasteiger partial charge in [0.2, 0.25) is 0 Å². The maximum absolute atomic E-state index is 12.2. The van der Waals surface area contributed by atoms with Gasteiger partial charge in [0.1, 0.15) is 11.2 Å². The Morgan fingerprint density at radius 1 is 1.36 bits per heavy atom. The summed E-state index contributed by atoms with van der Waals surface area (Å²) in [6.07, 6.45) is 4.60. The number of piperidine rings is 1. The molecule has 1 aliphatic heterocycles. The number of carboxylic acids is 1. The summed E-state index contributed by atoms with van der Waals surface area (Å²) < 4.78 is 5.45. The Balaban J connectivity index is 1.64. The zero-order chi connectivity index (χ0) is 20.5. The third kappa shape index (κ3) is 4.44. The molecule has 0 bridgehead atoms. The Morgan fingerprint density at radius 3 is 2.64 bits per heavy atom.